The summed E-state index contributed by atoms with van der Waals surface area (Å²) in [5.41, 5.74) is 1.68. The van der Waals surface area contributed by atoms with Gasteiger partial charge in [-0.2, -0.15) is 0 Å². The largest absolute Gasteiger partial charge is 0.460 e. The number of hydrogen-bond donors (Lipinski definition) is 1. The van der Waals surface area contributed by atoms with E-state index >= 15 is 0 Å². The molecule has 0 aliphatic carbocycles. The molecule has 2 rings (SSSR count). The SMILES string of the molecule is CC(C(=O)OCCO)=C(CC1CO1)CC1CO1. The van der Waals surface area contributed by atoms with Crippen molar-refractivity contribution in [3.05, 3.63) is 11.1 Å². The third kappa shape index (κ3) is 4.11. The van der Waals surface area contributed by atoms with Crippen LogP contribution in [0, 0.1) is 0 Å². The Hall–Kier alpha value is -0.910. The zero-order valence-corrected chi connectivity index (χ0v) is 9.98. The van der Waals surface area contributed by atoms with Crippen LogP contribution in [0.5, 0.6) is 0 Å². The second-order valence-electron chi connectivity index (χ2n) is 4.41. The molecule has 0 spiro atoms. The number of carbonyl (C=O) groups is 1. The lowest BCUT2D eigenvalue weighted by Crippen LogP contribution is -2.12. The van der Waals surface area contributed by atoms with Gasteiger partial charge in [0.05, 0.1) is 32.0 Å². The molecule has 17 heavy (non-hydrogen) atoms. The van der Waals surface area contributed by atoms with Crippen LogP contribution in [0.15, 0.2) is 11.1 Å². The van der Waals surface area contributed by atoms with Gasteiger partial charge in [-0.15, -0.1) is 0 Å². The predicted molar refractivity (Wildman–Crippen MR) is 59.5 cm³/mol. The molecule has 2 heterocycles. The topological polar surface area (TPSA) is 71.6 Å². The molecular formula is C12H18O5. The summed E-state index contributed by atoms with van der Waals surface area (Å²) < 4.78 is 15.3. The lowest BCUT2D eigenvalue weighted by atomic mass is 9.99. The van der Waals surface area contributed by atoms with E-state index in [2.05, 4.69) is 0 Å². The molecule has 2 aliphatic rings. The molecule has 0 aromatic heterocycles. The van der Waals surface area contributed by atoms with Gasteiger partial charge in [0.15, 0.2) is 0 Å². The Morgan fingerprint density at radius 2 is 1.82 bits per heavy atom. The molecule has 0 radical (unpaired) electrons. The van der Waals surface area contributed by atoms with E-state index < -0.39 is 0 Å². The minimum absolute atomic E-state index is 0.0450. The fraction of sp³-hybridized carbons (Fsp3) is 0.750. The van der Waals surface area contributed by atoms with Crippen molar-refractivity contribution in [3.63, 3.8) is 0 Å². The standard InChI is InChI=1S/C12H18O5/c1-8(12(14)15-3-2-13)9(4-10-6-16-10)5-11-7-17-11/h10-11,13H,2-7H2,1H3. The molecule has 5 nitrogen and oxygen atoms in total. The van der Waals surface area contributed by atoms with Crippen molar-refractivity contribution in [1.82, 2.24) is 0 Å². The van der Waals surface area contributed by atoms with Crippen molar-refractivity contribution >= 4 is 5.97 Å². The summed E-state index contributed by atoms with van der Waals surface area (Å²) in [5, 5.41) is 8.61. The second-order valence-corrected chi connectivity index (χ2v) is 4.41. The summed E-state index contributed by atoms with van der Waals surface area (Å²) in [4.78, 5) is 11.7. The summed E-state index contributed by atoms with van der Waals surface area (Å²) in [6, 6.07) is 0. The quantitative estimate of drug-likeness (QED) is 0.398. The van der Waals surface area contributed by atoms with Crippen LogP contribution >= 0.6 is 0 Å². The minimum Gasteiger partial charge on any atom is -0.460 e. The summed E-state index contributed by atoms with van der Waals surface area (Å²) in [6.07, 6.45) is 2.06. The number of esters is 1. The van der Waals surface area contributed by atoms with Gasteiger partial charge in [-0.3, -0.25) is 0 Å². The highest BCUT2D eigenvalue weighted by Gasteiger charge is 2.30. The van der Waals surface area contributed by atoms with Crippen LogP contribution in [0.2, 0.25) is 0 Å². The second kappa shape index (κ2) is 5.62. The molecule has 96 valence electrons. The average Bonchev–Trinajstić information content (AvgIpc) is 3.18. The molecule has 0 amide bonds. The summed E-state index contributed by atoms with van der Waals surface area (Å²) in [7, 11) is 0. The van der Waals surface area contributed by atoms with Gasteiger partial charge in [-0.05, 0) is 19.8 Å². The fourth-order valence-corrected chi connectivity index (χ4v) is 1.70. The number of rotatable bonds is 7. The highest BCUT2D eigenvalue weighted by molar-refractivity contribution is 5.88. The van der Waals surface area contributed by atoms with Gasteiger partial charge >= 0.3 is 5.97 Å². The van der Waals surface area contributed by atoms with E-state index in [1.54, 1.807) is 6.92 Å². The molecule has 1 N–H and O–H groups in total. The van der Waals surface area contributed by atoms with E-state index in [1.165, 1.54) is 0 Å². The number of epoxide rings is 2. The van der Waals surface area contributed by atoms with Crippen molar-refractivity contribution in [1.29, 1.82) is 0 Å². The maximum absolute atomic E-state index is 11.7. The summed E-state index contributed by atoms with van der Waals surface area (Å²) >= 11 is 0. The predicted octanol–water partition coefficient (Wildman–Crippen LogP) is 0.416. The van der Waals surface area contributed by atoms with Crippen LogP contribution in [0.25, 0.3) is 0 Å². The van der Waals surface area contributed by atoms with E-state index in [0.717, 1.165) is 31.6 Å². The Balaban J connectivity index is 1.95. The first-order valence-electron chi connectivity index (χ1n) is 5.90. The Labute approximate surface area is 100 Å². The van der Waals surface area contributed by atoms with E-state index in [9.17, 15) is 4.79 Å². The van der Waals surface area contributed by atoms with Gasteiger partial charge in [0.1, 0.15) is 6.61 Å². The first-order chi connectivity index (χ1) is 8.20. The number of aliphatic hydroxyl groups excluding tert-OH is 1. The Morgan fingerprint density at radius 3 is 2.24 bits per heavy atom. The normalized spacial score (nSPS) is 25.3. The van der Waals surface area contributed by atoms with Crippen molar-refractivity contribution in [2.45, 2.75) is 32.0 Å². The van der Waals surface area contributed by atoms with Crippen LogP contribution in [-0.2, 0) is 19.0 Å². The first-order valence-corrected chi connectivity index (χ1v) is 5.90. The van der Waals surface area contributed by atoms with Gasteiger partial charge < -0.3 is 19.3 Å². The van der Waals surface area contributed by atoms with Crippen LogP contribution in [0.4, 0.5) is 0 Å². The van der Waals surface area contributed by atoms with Crippen LogP contribution in [0.3, 0.4) is 0 Å². The Bertz CT molecular complexity index is 299. The smallest absolute Gasteiger partial charge is 0.333 e. The average molecular weight is 242 g/mol. The minimum atomic E-state index is -0.352. The molecule has 0 aromatic carbocycles. The highest BCUT2D eigenvalue weighted by Crippen LogP contribution is 2.29. The number of ether oxygens (including phenoxy) is 3. The molecule has 0 saturated carbocycles. The zero-order chi connectivity index (χ0) is 12.3. The lowest BCUT2D eigenvalue weighted by molar-refractivity contribution is -0.140. The van der Waals surface area contributed by atoms with Gasteiger partial charge in [0, 0.05) is 5.57 Å². The van der Waals surface area contributed by atoms with Crippen molar-refractivity contribution in [3.8, 4) is 0 Å². The molecule has 2 aliphatic heterocycles. The number of aliphatic hydroxyl groups is 1. The van der Waals surface area contributed by atoms with Crippen molar-refractivity contribution < 1.29 is 24.1 Å². The third-order valence-corrected chi connectivity index (χ3v) is 2.91. The lowest BCUT2D eigenvalue weighted by Gasteiger charge is -2.10. The summed E-state index contributed by atoms with van der Waals surface area (Å²) in [6.45, 7) is 3.21. The molecule has 0 bridgehead atoms. The van der Waals surface area contributed by atoms with Crippen LogP contribution < -0.4 is 0 Å². The van der Waals surface area contributed by atoms with Crippen molar-refractivity contribution in [2.75, 3.05) is 26.4 Å². The van der Waals surface area contributed by atoms with Gasteiger partial charge in [0.25, 0.3) is 0 Å². The molecule has 5 heteroatoms. The van der Waals surface area contributed by atoms with Gasteiger partial charge in [-0.1, -0.05) is 5.57 Å². The highest BCUT2D eigenvalue weighted by atomic mass is 16.6. The van der Waals surface area contributed by atoms with E-state index in [1.807, 2.05) is 0 Å². The van der Waals surface area contributed by atoms with E-state index in [4.69, 9.17) is 19.3 Å². The Morgan fingerprint density at radius 1 is 1.29 bits per heavy atom. The molecule has 0 aromatic rings. The molecule has 2 unspecified atom stereocenters. The summed E-state index contributed by atoms with van der Waals surface area (Å²) in [5.74, 6) is -0.352. The van der Waals surface area contributed by atoms with E-state index in [0.29, 0.717) is 5.57 Å². The third-order valence-electron chi connectivity index (χ3n) is 2.91. The first kappa shape index (κ1) is 12.5. The molecule has 2 atom stereocenters. The maximum atomic E-state index is 11.7. The fourth-order valence-electron chi connectivity index (χ4n) is 1.70. The Kier molecular flexibility index (Phi) is 4.15. The molecule has 2 saturated heterocycles. The van der Waals surface area contributed by atoms with E-state index in [-0.39, 0.29) is 31.4 Å². The molecule has 2 fully saturated rings. The van der Waals surface area contributed by atoms with Crippen LogP contribution in [0.1, 0.15) is 19.8 Å². The number of carbonyl (C=O) groups excluding carboxylic acids is 1. The van der Waals surface area contributed by atoms with Gasteiger partial charge in [0.2, 0.25) is 0 Å². The van der Waals surface area contributed by atoms with Crippen molar-refractivity contribution in [2.24, 2.45) is 0 Å². The van der Waals surface area contributed by atoms with Crippen LogP contribution in [-0.4, -0.2) is 49.7 Å². The molecular weight excluding hydrogens is 224 g/mol. The van der Waals surface area contributed by atoms with Gasteiger partial charge in [-0.25, -0.2) is 4.79 Å². The zero-order valence-electron chi connectivity index (χ0n) is 9.98. The number of hydrogen-bond acceptors (Lipinski definition) is 5. The monoisotopic (exact) mass is 242 g/mol. The maximum Gasteiger partial charge on any atom is 0.333 e.